The van der Waals surface area contributed by atoms with Crippen LogP contribution < -0.4 is 4.90 Å². The lowest BCUT2D eigenvalue weighted by atomic mass is 10.0. The fraction of sp³-hybridized carbons (Fsp3) is 0.300. The van der Waals surface area contributed by atoms with Crippen LogP contribution >= 0.6 is 0 Å². The highest BCUT2D eigenvalue weighted by Crippen LogP contribution is 2.28. The minimum Gasteiger partial charge on any atom is -0.369 e. The molecule has 2 aromatic heterocycles. The molecule has 3 aromatic rings. The molecule has 24 heavy (non-hydrogen) atoms. The molecule has 122 valence electrons. The Bertz CT molecular complexity index is 815. The maximum Gasteiger partial charge on any atom is 0.0964 e. The molecule has 1 aliphatic rings. The van der Waals surface area contributed by atoms with Crippen molar-refractivity contribution in [3.8, 4) is 11.1 Å². The fourth-order valence-corrected chi connectivity index (χ4v) is 3.39. The Morgan fingerprint density at radius 1 is 0.875 bits per heavy atom. The van der Waals surface area contributed by atoms with Crippen LogP contribution in [0.3, 0.4) is 0 Å². The minimum absolute atomic E-state index is 0.940. The number of rotatable bonds is 3. The van der Waals surface area contributed by atoms with E-state index in [1.807, 2.05) is 30.6 Å². The highest BCUT2D eigenvalue weighted by atomic mass is 15.3. The van der Waals surface area contributed by atoms with Crippen LogP contribution in [0.5, 0.6) is 0 Å². The van der Waals surface area contributed by atoms with Crippen molar-refractivity contribution in [2.45, 2.75) is 6.92 Å². The number of aromatic nitrogens is 2. The van der Waals surface area contributed by atoms with Gasteiger partial charge < -0.3 is 9.80 Å². The third-order valence-electron chi connectivity index (χ3n) is 4.86. The number of anilines is 1. The Hall–Kier alpha value is -2.46. The molecule has 0 aliphatic carbocycles. The van der Waals surface area contributed by atoms with Crippen LogP contribution in [0.15, 0.2) is 54.9 Å². The van der Waals surface area contributed by atoms with Gasteiger partial charge in [-0.05, 0) is 42.4 Å². The number of fused-ring (bicyclic) bond motifs is 1. The quantitative estimate of drug-likeness (QED) is 0.740. The summed E-state index contributed by atoms with van der Waals surface area (Å²) in [7, 11) is 0. The van der Waals surface area contributed by atoms with Gasteiger partial charge in [0.05, 0.1) is 11.0 Å². The second kappa shape index (κ2) is 6.57. The summed E-state index contributed by atoms with van der Waals surface area (Å²) < 4.78 is 0. The van der Waals surface area contributed by atoms with E-state index in [2.05, 4.69) is 51.0 Å². The van der Waals surface area contributed by atoms with Gasteiger partial charge in [-0.1, -0.05) is 19.1 Å². The molecule has 0 N–H and O–H groups in total. The molecule has 0 amide bonds. The number of piperazine rings is 1. The van der Waals surface area contributed by atoms with Gasteiger partial charge in [0.2, 0.25) is 0 Å². The molecule has 4 rings (SSSR count). The molecule has 4 nitrogen and oxygen atoms in total. The lowest BCUT2D eigenvalue weighted by Gasteiger charge is -2.35. The van der Waals surface area contributed by atoms with Gasteiger partial charge >= 0.3 is 0 Å². The van der Waals surface area contributed by atoms with Crippen LogP contribution in [0.25, 0.3) is 22.2 Å². The van der Waals surface area contributed by atoms with Crippen molar-refractivity contribution in [3.05, 3.63) is 54.9 Å². The molecule has 0 atom stereocenters. The van der Waals surface area contributed by atoms with Gasteiger partial charge in [-0.25, -0.2) is 0 Å². The van der Waals surface area contributed by atoms with E-state index < -0.39 is 0 Å². The maximum atomic E-state index is 4.51. The summed E-state index contributed by atoms with van der Waals surface area (Å²) >= 11 is 0. The molecule has 0 unspecified atom stereocenters. The molecular weight excluding hydrogens is 296 g/mol. The van der Waals surface area contributed by atoms with Crippen LogP contribution in [0.2, 0.25) is 0 Å². The summed E-state index contributed by atoms with van der Waals surface area (Å²) in [4.78, 5) is 13.9. The third kappa shape index (κ3) is 2.85. The third-order valence-corrected chi connectivity index (χ3v) is 4.86. The number of pyridine rings is 2. The van der Waals surface area contributed by atoms with Gasteiger partial charge in [-0.2, -0.15) is 0 Å². The zero-order chi connectivity index (χ0) is 16.4. The van der Waals surface area contributed by atoms with E-state index in [1.165, 1.54) is 11.3 Å². The van der Waals surface area contributed by atoms with E-state index >= 15 is 0 Å². The first-order chi connectivity index (χ1) is 11.8. The topological polar surface area (TPSA) is 32.3 Å². The minimum atomic E-state index is 0.940. The molecule has 0 spiro atoms. The average molecular weight is 318 g/mol. The number of likely N-dealkylation sites (N-methyl/N-ethyl adjacent to an activating group) is 1. The van der Waals surface area contributed by atoms with E-state index in [4.69, 9.17) is 0 Å². The van der Waals surface area contributed by atoms with E-state index in [0.29, 0.717) is 0 Å². The smallest absolute Gasteiger partial charge is 0.0964 e. The van der Waals surface area contributed by atoms with Crippen molar-refractivity contribution >= 4 is 16.7 Å². The Labute approximate surface area is 142 Å². The van der Waals surface area contributed by atoms with Crippen molar-refractivity contribution < 1.29 is 0 Å². The highest BCUT2D eigenvalue weighted by Gasteiger charge is 2.16. The van der Waals surface area contributed by atoms with E-state index in [1.54, 1.807) is 0 Å². The summed E-state index contributed by atoms with van der Waals surface area (Å²) in [6.07, 6.45) is 3.69. The van der Waals surface area contributed by atoms with E-state index in [-0.39, 0.29) is 0 Å². The lowest BCUT2D eigenvalue weighted by Crippen LogP contribution is -2.46. The summed E-state index contributed by atoms with van der Waals surface area (Å²) in [5, 5.41) is 0. The Kier molecular flexibility index (Phi) is 4.13. The normalized spacial score (nSPS) is 15.8. The van der Waals surface area contributed by atoms with Crippen molar-refractivity contribution in [2.24, 2.45) is 0 Å². The SMILES string of the molecule is CCN1CCN(c2ccc(-c3ccnc4cccnc34)cc2)CC1. The Balaban J connectivity index is 1.60. The van der Waals surface area contributed by atoms with Crippen molar-refractivity contribution in [1.82, 2.24) is 14.9 Å². The van der Waals surface area contributed by atoms with Crippen molar-refractivity contribution in [2.75, 3.05) is 37.6 Å². The average Bonchev–Trinajstić information content (AvgIpc) is 2.68. The van der Waals surface area contributed by atoms with Crippen LogP contribution in [-0.2, 0) is 0 Å². The first-order valence-electron chi connectivity index (χ1n) is 8.62. The molecule has 0 saturated carbocycles. The molecule has 1 fully saturated rings. The van der Waals surface area contributed by atoms with E-state index in [0.717, 1.165) is 49.3 Å². The maximum absolute atomic E-state index is 4.51. The molecule has 1 saturated heterocycles. The van der Waals surface area contributed by atoms with Gasteiger partial charge in [0.25, 0.3) is 0 Å². The van der Waals surface area contributed by atoms with Gasteiger partial charge in [0, 0.05) is 49.8 Å². The zero-order valence-corrected chi connectivity index (χ0v) is 14.0. The van der Waals surface area contributed by atoms with Gasteiger partial charge in [0.15, 0.2) is 0 Å². The molecule has 4 heteroatoms. The Morgan fingerprint density at radius 3 is 2.42 bits per heavy atom. The second-order valence-electron chi connectivity index (χ2n) is 6.20. The number of hydrogen-bond acceptors (Lipinski definition) is 4. The van der Waals surface area contributed by atoms with Crippen LogP contribution in [0, 0.1) is 0 Å². The summed E-state index contributed by atoms with van der Waals surface area (Å²) in [6.45, 7) is 7.89. The highest BCUT2D eigenvalue weighted by molar-refractivity contribution is 5.91. The van der Waals surface area contributed by atoms with Gasteiger partial charge in [0.1, 0.15) is 0 Å². The standard InChI is InChI=1S/C20H22N4/c1-2-23-12-14-24(15-13-23)17-7-5-16(6-8-17)18-9-11-21-19-4-3-10-22-20(18)19/h3-11H,2,12-15H2,1H3. The monoisotopic (exact) mass is 318 g/mol. The van der Waals surface area contributed by atoms with E-state index in [9.17, 15) is 0 Å². The summed E-state index contributed by atoms with van der Waals surface area (Å²) in [5.74, 6) is 0. The Morgan fingerprint density at radius 2 is 1.67 bits per heavy atom. The zero-order valence-electron chi connectivity index (χ0n) is 14.0. The molecule has 3 heterocycles. The first-order valence-corrected chi connectivity index (χ1v) is 8.62. The second-order valence-corrected chi connectivity index (χ2v) is 6.20. The van der Waals surface area contributed by atoms with Crippen molar-refractivity contribution in [3.63, 3.8) is 0 Å². The van der Waals surface area contributed by atoms with Crippen molar-refractivity contribution in [1.29, 1.82) is 0 Å². The number of nitrogens with zero attached hydrogens (tertiary/aromatic N) is 4. The summed E-state index contributed by atoms with van der Waals surface area (Å²) in [5.41, 5.74) is 5.54. The molecule has 0 radical (unpaired) electrons. The molecule has 1 aromatic carbocycles. The van der Waals surface area contributed by atoms with Gasteiger partial charge in [-0.3, -0.25) is 9.97 Å². The largest absolute Gasteiger partial charge is 0.369 e. The predicted molar refractivity (Wildman–Crippen MR) is 99.3 cm³/mol. The number of benzene rings is 1. The van der Waals surface area contributed by atoms with Crippen LogP contribution in [0.1, 0.15) is 6.92 Å². The molecular formula is C20H22N4. The lowest BCUT2D eigenvalue weighted by molar-refractivity contribution is 0.271. The first kappa shape index (κ1) is 15.1. The summed E-state index contributed by atoms with van der Waals surface area (Å²) in [6, 6.07) is 14.8. The van der Waals surface area contributed by atoms with Crippen LogP contribution in [-0.4, -0.2) is 47.6 Å². The fourth-order valence-electron chi connectivity index (χ4n) is 3.39. The molecule has 0 bridgehead atoms. The predicted octanol–water partition coefficient (Wildman–Crippen LogP) is 3.44. The van der Waals surface area contributed by atoms with Gasteiger partial charge in [-0.15, -0.1) is 0 Å². The molecule has 1 aliphatic heterocycles. The number of hydrogen-bond donors (Lipinski definition) is 0. The van der Waals surface area contributed by atoms with Crippen LogP contribution in [0.4, 0.5) is 5.69 Å².